The average molecular weight is 314 g/mol. The van der Waals surface area contributed by atoms with Crippen molar-refractivity contribution in [1.29, 1.82) is 0 Å². The fourth-order valence-electron chi connectivity index (χ4n) is 2.16. The van der Waals surface area contributed by atoms with Crippen LogP contribution in [0.1, 0.15) is 65.2 Å². The molecule has 0 aromatic heterocycles. The van der Waals surface area contributed by atoms with E-state index in [9.17, 15) is 19.8 Å². The van der Waals surface area contributed by atoms with Crippen LogP contribution in [0.25, 0.3) is 0 Å². The van der Waals surface area contributed by atoms with Crippen LogP contribution in [0.15, 0.2) is 12.2 Å². The maximum atomic E-state index is 11.3. The van der Waals surface area contributed by atoms with E-state index in [0.717, 1.165) is 25.7 Å². The lowest BCUT2D eigenvalue weighted by Gasteiger charge is -2.24. The summed E-state index contributed by atoms with van der Waals surface area (Å²) in [5.74, 6) is -2.07. The molecule has 0 heterocycles. The van der Waals surface area contributed by atoms with Gasteiger partial charge < -0.3 is 21.7 Å². The van der Waals surface area contributed by atoms with Crippen LogP contribution in [-0.4, -0.2) is 33.2 Å². The highest BCUT2D eigenvalue weighted by atomic mass is 16.4. The first-order chi connectivity index (χ1) is 10.2. The van der Waals surface area contributed by atoms with Gasteiger partial charge in [0.25, 0.3) is 0 Å². The molecule has 0 radical (unpaired) electrons. The van der Waals surface area contributed by atoms with Gasteiger partial charge in [-0.25, -0.2) is 0 Å². The highest BCUT2D eigenvalue weighted by molar-refractivity contribution is 5.79. The van der Waals surface area contributed by atoms with Gasteiger partial charge in [0.2, 0.25) is 0 Å². The summed E-state index contributed by atoms with van der Waals surface area (Å²) < 4.78 is 0. The topological polar surface area (TPSA) is 127 Å². The van der Waals surface area contributed by atoms with Crippen LogP contribution in [0.3, 0.4) is 0 Å². The van der Waals surface area contributed by atoms with E-state index >= 15 is 0 Å². The van der Waals surface area contributed by atoms with Gasteiger partial charge in [-0.05, 0) is 25.7 Å². The van der Waals surface area contributed by atoms with Gasteiger partial charge in [-0.2, -0.15) is 0 Å². The zero-order valence-electron chi connectivity index (χ0n) is 13.7. The smallest absolute Gasteiger partial charge is 0.323 e. The first-order valence-electron chi connectivity index (χ1n) is 7.91. The molecule has 6 N–H and O–H groups in total. The number of rotatable bonds is 12. The minimum Gasteiger partial charge on any atom is -0.480 e. The molecule has 0 spiro atoms. The second-order valence-electron chi connectivity index (χ2n) is 6.01. The molecule has 128 valence electrons. The lowest BCUT2D eigenvalue weighted by molar-refractivity contribution is -0.144. The van der Waals surface area contributed by atoms with E-state index in [2.05, 4.69) is 0 Å². The van der Waals surface area contributed by atoms with E-state index in [1.807, 2.05) is 13.8 Å². The molecule has 0 aromatic rings. The minimum absolute atomic E-state index is 0.172. The summed E-state index contributed by atoms with van der Waals surface area (Å²) >= 11 is 0. The fourth-order valence-corrected chi connectivity index (χ4v) is 2.16. The van der Waals surface area contributed by atoms with Crippen molar-refractivity contribution in [2.45, 2.75) is 76.3 Å². The SMILES string of the molecule is CCCCC(N)(CC=CCC(N)(CCCC)C(=O)O)C(=O)O. The summed E-state index contributed by atoms with van der Waals surface area (Å²) in [7, 11) is 0. The lowest BCUT2D eigenvalue weighted by atomic mass is 9.87. The van der Waals surface area contributed by atoms with E-state index < -0.39 is 23.0 Å². The van der Waals surface area contributed by atoms with Crippen molar-refractivity contribution < 1.29 is 19.8 Å². The summed E-state index contributed by atoms with van der Waals surface area (Å²) in [6, 6.07) is 0. The highest BCUT2D eigenvalue weighted by Crippen LogP contribution is 2.20. The van der Waals surface area contributed by atoms with E-state index in [4.69, 9.17) is 11.5 Å². The minimum atomic E-state index is -1.30. The van der Waals surface area contributed by atoms with Crippen molar-refractivity contribution in [3.8, 4) is 0 Å². The van der Waals surface area contributed by atoms with Crippen molar-refractivity contribution in [1.82, 2.24) is 0 Å². The van der Waals surface area contributed by atoms with Gasteiger partial charge in [0.15, 0.2) is 0 Å². The quantitative estimate of drug-likeness (QED) is 0.409. The van der Waals surface area contributed by atoms with Gasteiger partial charge in [0, 0.05) is 0 Å². The Labute approximate surface area is 132 Å². The van der Waals surface area contributed by atoms with Crippen LogP contribution in [0.4, 0.5) is 0 Å². The third-order valence-corrected chi connectivity index (χ3v) is 3.94. The number of carboxylic acid groups (broad SMARTS) is 2. The fraction of sp³-hybridized carbons (Fsp3) is 0.750. The summed E-state index contributed by atoms with van der Waals surface area (Å²) in [6.07, 6.45) is 7.64. The zero-order valence-corrected chi connectivity index (χ0v) is 13.7. The molecule has 2 atom stereocenters. The Morgan fingerprint density at radius 3 is 1.41 bits per heavy atom. The van der Waals surface area contributed by atoms with E-state index in [0.29, 0.717) is 12.8 Å². The number of carbonyl (C=O) groups is 2. The predicted molar refractivity (Wildman–Crippen MR) is 86.5 cm³/mol. The Balaban J connectivity index is 4.68. The number of aliphatic carboxylic acids is 2. The van der Waals surface area contributed by atoms with Crippen LogP contribution in [0, 0.1) is 0 Å². The molecule has 6 heteroatoms. The molecule has 0 bridgehead atoms. The summed E-state index contributed by atoms with van der Waals surface area (Å²) in [5.41, 5.74) is 9.25. The van der Waals surface area contributed by atoms with Gasteiger partial charge in [0.05, 0.1) is 0 Å². The number of unbranched alkanes of at least 4 members (excludes halogenated alkanes) is 2. The Morgan fingerprint density at radius 1 is 0.864 bits per heavy atom. The van der Waals surface area contributed by atoms with E-state index in [1.54, 1.807) is 12.2 Å². The second kappa shape index (κ2) is 9.58. The van der Waals surface area contributed by atoms with Crippen molar-refractivity contribution in [3.63, 3.8) is 0 Å². The maximum Gasteiger partial charge on any atom is 0.323 e. The van der Waals surface area contributed by atoms with Crippen LogP contribution >= 0.6 is 0 Å². The monoisotopic (exact) mass is 314 g/mol. The molecule has 0 fully saturated rings. The third-order valence-electron chi connectivity index (χ3n) is 3.94. The summed E-state index contributed by atoms with van der Waals surface area (Å²) in [6.45, 7) is 3.95. The molecule has 6 nitrogen and oxygen atoms in total. The van der Waals surface area contributed by atoms with Crippen molar-refractivity contribution in [2.75, 3.05) is 0 Å². The predicted octanol–water partition coefficient (Wildman–Crippen LogP) is 2.27. The number of hydrogen-bond donors (Lipinski definition) is 4. The zero-order chi connectivity index (χ0) is 17.2. The van der Waals surface area contributed by atoms with E-state index in [-0.39, 0.29) is 12.8 Å². The van der Waals surface area contributed by atoms with Gasteiger partial charge in [-0.15, -0.1) is 0 Å². The molecule has 0 aliphatic carbocycles. The molecule has 0 amide bonds. The maximum absolute atomic E-state index is 11.3. The average Bonchev–Trinajstić information content (AvgIpc) is 2.47. The Bertz CT molecular complexity index is 362. The van der Waals surface area contributed by atoms with Crippen LogP contribution in [-0.2, 0) is 9.59 Å². The van der Waals surface area contributed by atoms with E-state index in [1.165, 1.54) is 0 Å². The molecule has 0 aliphatic heterocycles. The van der Waals surface area contributed by atoms with Crippen LogP contribution < -0.4 is 11.5 Å². The van der Waals surface area contributed by atoms with Crippen molar-refractivity contribution >= 4 is 11.9 Å². The molecular formula is C16H30N2O4. The molecule has 0 rings (SSSR count). The van der Waals surface area contributed by atoms with Crippen molar-refractivity contribution in [3.05, 3.63) is 12.2 Å². The normalized spacial score (nSPS) is 17.1. The van der Waals surface area contributed by atoms with Gasteiger partial charge in [-0.1, -0.05) is 51.7 Å². The summed E-state index contributed by atoms with van der Waals surface area (Å²) in [5, 5.41) is 18.5. The molecule has 22 heavy (non-hydrogen) atoms. The molecule has 0 aliphatic rings. The largest absolute Gasteiger partial charge is 0.480 e. The highest BCUT2D eigenvalue weighted by Gasteiger charge is 2.33. The van der Waals surface area contributed by atoms with Crippen LogP contribution in [0.5, 0.6) is 0 Å². The number of nitrogens with two attached hydrogens (primary N) is 2. The molecule has 2 unspecified atom stereocenters. The van der Waals surface area contributed by atoms with Crippen molar-refractivity contribution in [2.24, 2.45) is 11.5 Å². The first kappa shape index (κ1) is 20.6. The Kier molecular flexibility index (Phi) is 8.97. The Hall–Kier alpha value is -1.40. The third kappa shape index (κ3) is 6.58. The van der Waals surface area contributed by atoms with Gasteiger partial charge in [0.1, 0.15) is 11.1 Å². The lowest BCUT2D eigenvalue weighted by Crippen LogP contribution is -2.48. The number of carboxylic acids is 2. The first-order valence-corrected chi connectivity index (χ1v) is 7.91. The summed E-state index contributed by atoms with van der Waals surface area (Å²) in [4.78, 5) is 22.6. The van der Waals surface area contributed by atoms with Gasteiger partial charge in [-0.3, -0.25) is 9.59 Å². The molecular weight excluding hydrogens is 284 g/mol. The second-order valence-corrected chi connectivity index (χ2v) is 6.01. The molecule has 0 saturated carbocycles. The molecule has 0 aromatic carbocycles. The Morgan fingerprint density at radius 2 is 1.18 bits per heavy atom. The van der Waals surface area contributed by atoms with Crippen LogP contribution in [0.2, 0.25) is 0 Å². The van der Waals surface area contributed by atoms with Gasteiger partial charge >= 0.3 is 11.9 Å². The number of hydrogen-bond acceptors (Lipinski definition) is 4. The standard InChI is InChI=1S/C16H30N2O4/c1-3-5-9-15(17,13(19)20)11-7-8-12-16(18,14(21)22)10-6-4-2/h7-8H,3-6,9-12,17-18H2,1-2H3,(H,19,20)(H,21,22). The molecule has 0 saturated heterocycles.